The van der Waals surface area contributed by atoms with Crippen molar-refractivity contribution in [2.75, 3.05) is 26.2 Å². The Morgan fingerprint density at radius 3 is 3.00 bits per heavy atom. The van der Waals surface area contributed by atoms with Crippen LogP contribution in [-0.2, 0) is 0 Å². The number of ether oxygens (including phenoxy) is 1. The Hall–Kier alpha value is -1.06. The second-order valence-electron chi connectivity index (χ2n) is 5.93. The van der Waals surface area contributed by atoms with Crippen molar-refractivity contribution in [1.29, 1.82) is 0 Å². The van der Waals surface area contributed by atoms with Gasteiger partial charge in [0.2, 0.25) is 0 Å². The summed E-state index contributed by atoms with van der Waals surface area (Å²) in [7, 11) is 0. The van der Waals surface area contributed by atoms with Crippen molar-refractivity contribution in [2.24, 2.45) is 0 Å². The highest BCUT2D eigenvalue weighted by Crippen LogP contribution is 2.37. The number of hydrogen-bond acceptors (Lipinski definition) is 3. The third-order valence-corrected chi connectivity index (χ3v) is 4.55. The van der Waals surface area contributed by atoms with E-state index in [1.807, 2.05) is 0 Å². The Morgan fingerprint density at radius 2 is 2.20 bits per heavy atom. The smallest absolute Gasteiger partial charge is 0.124 e. The second-order valence-corrected chi connectivity index (χ2v) is 5.93. The molecule has 1 saturated heterocycles. The molecule has 0 amide bonds. The van der Waals surface area contributed by atoms with Gasteiger partial charge >= 0.3 is 0 Å². The predicted octanol–water partition coefficient (Wildman–Crippen LogP) is 2.97. The first-order valence-corrected chi connectivity index (χ1v) is 8.08. The summed E-state index contributed by atoms with van der Waals surface area (Å²) in [4.78, 5) is 2.73. The number of para-hydroxylation sites is 1. The molecule has 110 valence electrons. The first kappa shape index (κ1) is 13.9. The van der Waals surface area contributed by atoms with Gasteiger partial charge in [0.05, 0.1) is 6.61 Å². The van der Waals surface area contributed by atoms with Crippen molar-refractivity contribution in [3.05, 3.63) is 29.8 Å². The number of nitrogens with one attached hydrogen (secondary N) is 1. The van der Waals surface area contributed by atoms with Crippen LogP contribution in [0.4, 0.5) is 0 Å². The third kappa shape index (κ3) is 2.84. The summed E-state index contributed by atoms with van der Waals surface area (Å²) in [6.45, 7) is 6.64. The maximum atomic E-state index is 5.83. The lowest BCUT2D eigenvalue weighted by Gasteiger charge is -2.42. The van der Waals surface area contributed by atoms with Crippen LogP contribution in [0.25, 0.3) is 0 Å². The van der Waals surface area contributed by atoms with Gasteiger partial charge in [-0.05, 0) is 38.4 Å². The Labute approximate surface area is 122 Å². The van der Waals surface area contributed by atoms with Crippen LogP contribution in [0.5, 0.6) is 5.75 Å². The molecular formula is C17H26N2O. The van der Waals surface area contributed by atoms with Crippen LogP contribution < -0.4 is 10.1 Å². The Balaban J connectivity index is 1.84. The molecule has 2 aliphatic rings. The first-order valence-electron chi connectivity index (χ1n) is 8.08. The minimum atomic E-state index is 0.532. The van der Waals surface area contributed by atoms with Crippen molar-refractivity contribution < 1.29 is 4.74 Å². The van der Waals surface area contributed by atoms with Gasteiger partial charge in [-0.3, -0.25) is 4.90 Å². The molecule has 1 fully saturated rings. The average Bonchev–Trinajstić information content (AvgIpc) is 2.53. The minimum absolute atomic E-state index is 0.532. The zero-order valence-corrected chi connectivity index (χ0v) is 12.5. The van der Waals surface area contributed by atoms with E-state index < -0.39 is 0 Å². The van der Waals surface area contributed by atoms with Crippen LogP contribution in [0.1, 0.15) is 44.2 Å². The zero-order valence-electron chi connectivity index (χ0n) is 12.5. The molecule has 3 heteroatoms. The van der Waals surface area contributed by atoms with Crippen molar-refractivity contribution in [2.45, 2.75) is 44.7 Å². The van der Waals surface area contributed by atoms with E-state index in [0.29, 0.717) is 12.1 Å². The SMILES string of the molecule is CCCN(C1CCCNC1)C1CCOc2ccccc21. The summed E-state index contributed by atoms with van der Waals surface area (Å²) in [6, 6.07) is 9.80. The van der Waals surface area contributed by atoms with Crippen LogP contribution in [0, 0.1) is 0 Å². The molecule has 2 aliphatic heterocycles. The van der Waals surface area contributed by atoms with Crippen molar-refractivity contribution in [1.82, 2.24) is 10.2 Å². The number of nitrogens with zero attached hydrogens (tertiary/aromatic N) is 1. The van der Waals surface area contributed by atoms with Gasteiger partial charge in [-0.1, -0.05) is 25.1 Å². The van der Waals surface area contributed by atoms with Crippen LogP contribution in [-0.4, -0.2) is 37.2 Å². The van der Waals surface area contributed by atoms with E-state index in [1.54, 1.807) is 0 Å². The van der Waals surface area contributed by atoms with E-state index in [-0.39, 0.29) is 0 Å². The molecule has 0 radical (unpaired) electrons. The lowest BCUT2D eigenvalue weighted by atomic mass is 9.95. The topological polar surface area (TPSA) is 24.5 Å². The largest absolute Gasteiger partial charge is 0.493 e. The molecule has 0 saturated carbocycles. The molecule has 20 heavy (non-hydrogen) atoms. The van der Waals surface area contributed by atoms with Gasteiger partial charge in [-0.25, -0.2) is 0 Å². The first-order chi connectivity index (χ1) is 9.90. The number of piperidine rings is 1. The van der Waals surface area contributed by atoms with Gasteiger partial charge in [0.25, 0.3) is 0 Å². The highest BCUT2D eigenvalue weighted by atomic mass is 16.5. The molecule has 2 atom stereocenters. The summed E-state index contributed by atoms with van der Waals surface area (Å²) in [5.41, 5.74) is 1.39. The molecule has 0 aliphatic carbocycles. The minimum Gasteiger partial charge on any atom is -0.493 e. The summed E-state index contributed by atoms with van der Waals surface area (Å²) in [5.74, 6) is 1.09. The van der Waals surface area contributed by atoms with E-state index in [9.17, 15) is 0 Å². The Kier molecular flexibility index (Phi) is 4.58. The number of fused-ring (bicyclic) bond motifs is 1. The van der Waals surface area contributed by atoms with Crippen molar-refractivity contribution in [3.63, 3.8) is 0 Å². The van der Waals surface area contributed by atoms with Gasteiger partial charge in [0.1, 0.15) is 5.75 Å². The molecule has 1 aromatic carbocycles. The molecule has 0 bridgehead atoms. The van der Waals surface area contributed by atoms with E-state index in [0.717, 1.165) is 25.3 Å². The lowest BCUT2D eigenvalue weighted by molar-refractivity contribution is 0.0815. The maximum Gasteiger partial charge on any atom is 0.124 e. The van der Waals surface area contributed by atoms with Gasteiger partial charge in [0, 0.05) is 30.6 Å². The third-order valence-electron chi connectivity index (χ3n) is 4.55. The monoisotopic (exact) mass is 274 g/mol. The molecule has 0 aromatic heterocycles. The Morgan fingerprint density at radius 1 is 1.30 bits per heavy atom. The standard InChI is InChI=1S/C17H26N2O/c1-2-11-19(14-6-5-10-18-13-14)16-9-12-20-17-8-4-3-7-15(16)17/h3-4,7-8,14,16,18H,2,5-6,9-13H2,1H3. The predicted molar refractivity (Wildman–Crippen MR) is 82.2 cm³/mol. The number of benzene rings is 1. The van der Waals surface area contributed by atoms with Crippen molar-refractivity contribution in [3.8, 4) is 5.75 Å². The highest BCUT2D eigenvalue weighted by Gasteiger charge is 2.31. The number of rotatable bonds is 4. The second kappa shape index (κ2) is 6.59. The molecule has 1 aromatic rings. The van der Waals surface area contributed by atoms with E-state index in [2.05, 4.69) is 41.4 Å². The molecule has 2 heterocycles. The van der Waals surface area contributed by atoms with E-state index >= 15 is 0 Å². The quantitative estimate of drug-likeness (QED) is 0.913. The fourth-order valence-electron chi connectivity index (χ4n) is 3.64. The lowest BCUT2D eigenvalue weighted by Crippen LogP contribution is -2.48. The zero-order chi connectivity index (χ0) is 13.8. The Bertz CT molecular complexity index is 429. The highest BCUT2D eigenvalue weighted by molar-refractivity contribution is 5.37. The van der Waals surface area contributed by atoms with Crippen LogP contribution in [0.2, 0.25) is 0 Å². The van der Waals surface area contributed by atoms with Gasteiger partial charge in [0.15, 0.2) is 0 Å². The molecular weight excluding hydrogens is 248 g/mol. The van der Waals surface area contributed by atoms with Crippen LogP contribution >= 0.6 is 0 Å². The van der Waals surface area contributed by atoms with Gasteiger partial charge < -0.3 is 10.1 Å². The molecule has 3 nitrogen and oxygen atoms in total. The summed E-state index contributed by atoms with van der Waals surface area (Å²) in [6.07, 6.45) is 4.96. The van der Waals surface area contributed by atoms with Crippen molar-refractivity contribution >= 4 is 0 Å². The average molecular weight is 274 g/mol. The van der Waals surface area contributed by atoms with Gasteiger partial charge in [-0.2, -0.15) is 0 Å². The fourth-order valence-corrected chi connectivity index (χ4v) is 3.64. The molecule has 1 N–H and O–H groups in total. The summed E-state index contributed by atoms with van der Waals surface area (Å²) < 4.78 is 5.83. The molecule has 3 rings (SSSR count). The fraction of sp³-hybridized carbons (Fsp3) is 0.647. The summed E-state index contributed by atoms with van der Waals surface area (Å²) >= 11 is 0. The maximum absolute atomic E-state index is 5.83. The van der Waals surface area contributed by atoms with E-state index in [1.165, 1.54) is 37.9 Å². The summed E-state index contributed by atoms with van der Waals surface area (Å²) in [5, 5.41) is 3.56. The van der Waals surface area contributed by atoms with Crippen LogP contribution in [0.3, 0.4) is 0 Å². The molecule has 0 spiro atoms. The number of hydrogen-bond donors (Lipinski definition) is 1. The molecule has 2 unspecified atom stereocenters. The van der Waals surface area contributed by atoms with E-state index in [4.69, 9.17) is 4.74 Å². The van der Waals surface area contributed by atoms with Crippen LogP contribution in [0.15, 0.2) is 24.3 Å². The normalized spacial score (nSPS) is 26.1. The van der Waals surface area contributed by atoms with Gasteiger partial charge in [-0.15, -0.1) is 0 Å².